The van der Waals surface area contributed by atoms with Crippen LogP contribution in [-0.2, 0) is 10.5 Å². The predicted octanol–water partition coefficient (Wildman–Crippen LogP) is 4.39. The molecule has 2 heterocycles. The molecule has 1 aliphatic rings. The van der Waals surface area contributed by atoms with Crippen LogP contribution in [0.1, 0.15) is 24.4 Å². The van der Waals surface area contributed by atoms with Gasteiger partial charge in [0.05, 0.1) is 6.04 Å². The van der Waals surface area contributed by atoms with Crippen molar-refractivity contribution in [3.05, 3.63) is 59.7 Å². The third-order valence-electron chi connectivity index (χ3n) is 4.42. The van der Waals surface area contributed by atoms with Gasteiger partial charge in [-0.2, -0.15) is 0 Å². The maximum atomic E-state index is 14.4. The van der Waals surface area contributed by atoms with E-state index in [0.29, 0.717) is 24.1 Å². The van der Waals surface area contributed by atoms with Crippen molar-refractivity contribution in [2.45, 2.75) is 29.8 Å². The fourth-order valence-electron chi connectivity index (χ4n) is 2.95. The zero-order chi connectivity index (χ0) is 19.3. The second kappa shape index (κ2) is 8.66. The average molecular weight is 404 g/mol. The highest BCUT2D eigenvalue weighted by Gasteiger charge is 2.20. The molecular weight excluding hydrogens is 386 g/mol. The van der Waals surface area contributed by atoms with E-state index < -0.39 is 11.6 Å². The molecule has 9 heteroatoms. The van der Waals surface area contributed by atoms with Crippen molar-refractivity contribution in [3.8, 4) is 11.5 Å². The Hall–Kier alpha value is -2.52. The maximum Gasteiger partial charge on any atom is 0.209 e. The van der Waals surface area contributed by atoms with Crippen LogP contribution in [0.25, 0.3) is 0 Å². The number of hydrogen-bond donors (Lipinski definition) is 0. The standard InChI is InChI=1S/C19H18F2N4O2S/c20-15-3-1-2-4-17(15)27-18-6-5-13(11-16(18)21)12-28-19-22-23-24-25(19)14-7-9-26-10-8-14/h1-6,11,14H,7-10,12H2. The summed E-state index contributed by atoms with van der Waals surface area (Å²) in [5, 5.41) is 12.6. The van der Waals surface area contributed by atoms with Crippen LogP contribution in [0.4, 0.5) is 8.78 Å². The normalized spacial score (nSPS) is 14.9. The minimum absolute atomic E-state index is 0.0147. The van der Waals surface area contributed by atoms with Crippen LogP contribution in [0.5, 0.6) is 11.5 Å². The number of tetrazole rings is 1. The number of halogens is 2. The largest absolute Gasteiger partial charge is 0.451 e. The molecule has 1 saturated heterocycles. The Morgan fingerprint density at radius 2 is 1.86 bits per heavy atom. The van der Waals surface area contributed by atoms with Crippen LogP contribution in [-0.4, -0.2) is 33.4 Å². The fourth-order valence-corrected chi connectivity index (χ4v) is 3.84. The number of para-hydroxylation sites is 1. The molecule has 0 radical (unpaired) electrons. The quantitative estimate of drug-likeness (QED) is 0.568. The molecule has 0 N–H and O–H groups in total. The average Bonchev–Trinajstić information content (AvgIpc) is 3.19. The van der Waals surface area contributed by atoms with Gasteiger partial charge in [0.15, 0.2) is 23.1 Å². The molecule has 3 aromatic rings. The summed E-state index contributed by atoms with van der Waals surface area (Å²) in [5.74, 6) is -0.627. The van der Waals surface area contributed by atoms with Crippen molar-refractivity contribution in [1.29, 1.82) is 0 Å². The smallest absolute Gasteiger partial charge is 0.209 e. The first-order chi connectivity index (χ1) is 13.7. The lowest BCUT2D eigenvalue weighted by Crippen LogP contribution is -2.21. The van der Waals surface area contributed by atoms with Crippen molar-refractivity contribution in [1.82, 2.24) is 20.2 Å². The van der Waals surface area contributed by atoms with Crippen molar-refractivity contribution >= 4 is 11.8 Å². The number of ether oxygens (including phenoxy) is 2. The number of aromatic nitrogens is 4. The summed E-state index contributed by atoms with van der Waals surface area (Å²) >= 11 is 1.44. The zero-order valence-corrected chi connectivity index (χ0v) is 15.7. The highest BCUT2D eigenvalue weighted by molar-refractivity contribution is 7.98. The first-order valence-electron chi connectivity index (χ1n) is 8.90. The molecule has 4 rings (SSSR count). The minimum Gasteiger partial charge on any atom is -0.451 e. The van der Waals surface area contributed by atoms with E-state index in [4.69, 9.17) is 9.47 Å². The lowest BCUT2D eigenvalue weighted by atomic mass is 10.1. The van der Waals surface area contributed by atoms with Gasteiger partial charge in [0.25, 0.3) is 0 Å². The highest BCUT2D eigenvalue weighted by Crippen LogP contribution is 2.30. The molecular formula is C19H18F2N4O2S. The summed E-state index contributed by atoms with van der Waals surface area (Å²) < 4.78 is 40.6. The van der Waals surface area contributed by atoms with E-state index >= 15 is 0 Å². The van der Waals surface area contributed by atoms with Crippen molar-refractivity contribution in [3.63, 3.8) is 0 Å². The van der Waals surface area contributed by atoms with Crippen LogP contribution in [0.2, 0.25) is 0 Å². The summed E-state index contributed by atoms with van der Waals surface area (Å²) in [6.45, 7) is 1.40. The summed E-state index contributed by atoms with van der Waals surface area (Å²) in [6.07, 6.45) is 1.74. The molecule has 0 atom stereocenters. The molecule has 1 fully saturated rings. The lowest BCUT2D eigenvalue weighted by molar-refractivity contribution is 0.0631. The summed E-state index contributed by atoms with van der Waals surface area (Å²) in [6, 6.07) is 10.7. The highest BCUT2D eigenvalue weighted by atomic mass is 32.2. The molecule has 1 aliphatic heterocycles. The Morgan fingerprint density at radius 1 is 1.07 bits per heavy atom. The van der Waals surface area contributed by atoms with Gasteiger partial charge in [-0.25, -0.2) is 13.5 Å². The SMILES string of the molecule is Fc1ccccc1Oc1ccc(CSc2nnnn2C2CCOCC2)cc1F. The number of thioether (sulfide) groups is 1. The van der Waals surface area contributed by atoms with E-state index in [9.17, 15) is 8.78 Å². The third kappa shape index (κ3) is 4.31. The van der Waals surface area contributed by atoms with E-state index in [1.165, 1.54) is 36.0 Å². The second-order valence-electron chi connectivity index (χ2n) is 6.34. The van der Waals surface area contributed by atoms with Gasteiger partial charge in [0.1, 0.15) is 0 Å². The minimum atomic E-state index is -0.551. The molecule has 0 bridgehead atoms. The van der Waals surface area contributed by atoms with Crippen LogP contribution < -0.4 is 4.74 Å². The molecule has 6 nitrogen and oxygen atoms in total. The van der Waals surface area contributed by atoms with Gasteiger partial charge in [-0.3, -0.25) is 0 Å². The summed E-state index contributed by atoms with van der Waals surface area (Å²) in [7, 11) is 0. The molecule has 0 saturated carbocycles. The second-order valence-corrected chi connectivity index (χ2v) is 7.28. The van der Waals surface area contributed by atoms with E-state index in [1.54, 1.807) is 18.2 Å². The number of hydrogen-bond acceptors (Lipinski definition) is 6. The van der Waals surface area contributed by atoms with Crippen LogP contribution in [0.3, 0.4) is 0 Å². The first kappa shape index (κ1) is 18.8. The Kier molecular flexibility index (Phi) is 5.82. The van der Waals surface area contributed by atoms with E-state index in [-0.39, 0.29) is 17.5 Å². The van der Waals surface area contributed by atoms with Gasteiger partial charge in [-0.1, -0.05) is 30.0 Å². The van der Waals surface area contributed by atoms with E-state index in [0.717, 1.165) is 18.4 Å². The molecule has 146 valence electrons. The van der Waals surface area contributed by atoms with E-state index in [1.807, 2.05) is 4.68 Å². The molecule has 28 heavy (non-hydrogen) atoms. The van der Waals surface area contributed by atoms with Gasteiger partial charge < -0.3 is 9.47 Å². The van der Waals surface area contributed by atoms with Crippen molar-refractivity contribution in [2.75, 3.05) is 13.2 Å². The van der Waals surface area contributed by atoms with Crippen LogP contribution in [0, 0.1) is 11.6 Å². The van der Waals surface area contributed by atoms with Gasteiger partial charge in [-0.05, 0) is 53.1 Å². The maximum absolute atomic E-state index is 14.4. The number of rotatable bonds is 6. The molecule has 0 amide bonds. The van der Waals surface area contributed by atoms with Crippen LogP contribution in [0.15, 0.2) is 47.6 Å². The van der Waals surface area contributed by atoms with E-state index in [2.05, 4.69) is 15.5 Å². The molecule has 1 aromatic heterocycles. The fraction of sp³-hybridized carbons (Fsp3) is 0.316. The predicted molar refractivity (Wildman–Crippen MR) is 99.3 cm³/mol. The monoisotopic (exact) mass is 404 g/mol. The molecule has 0 unspecified atom stereocenters. The third-order valence-corrected chi connectivity index (χ3v) is 5.42. The number of benzene rings is 2. The van der Waals surface area contributed by atoms with Gasteiger partial charge in [0, 0.05) is 19.0 Å². The molecule has 0 spiro atoms. The Balaban J connectivity index is 1.42. The van der Waals surface area contributed by atoms with Gasteiger partial charge in [-0.15, -0.1) is 5.10 Å². The molecule has 0 aliphatic carbocycles. The first-order valence-corrected chi connectivity index (χ1v) is 9.88. The lowest BCUT2D eigenvalue weighted by Gasteiger charge is -2.22. The van der Waals surface area contributed by atoms with Gasteiger partial charge in [0.2, 0.25) is 5.16 Å². The van der Waals surface area contributed by atoms with Gasteiger partial charge >= 0.3 is 0 Å². The Labute approximate surface area is 164 Å². The zero-order valence-electron chi connectivity index (χ0n) is 14.9. The summed E-state index contributed by atoms with van der Waals surface area (Å²) in [5.41, 5.74) is 0.755. The Morgan fingerprint density at radius 3 is 2.64 bits per heavy atom. The number of nitrogens with zero attached hydrogens (tertiary/aromatic N) is 4. The summed E-state index contributed by atoms with van der Waals surface area (Å²) in [4.78, 5) is 0. The van der Waals surface area contributed by atoms with Crippen molar-refractivity contribution < 1.29 is 18.3 Å². The topological polar surface area (TPSA) is 62.1 Å². The molecule has 2 aromatic carbocycles. The van der Waals surface area contributed by atoms with Crippen LogP contribution >= 0.6 is 11.8 Å². The van der Waals surface area contributed by atoms with Crippen molar-refractivity contribution in [2.24, 2.45) is 0 Å². The Bertz CT molecular complexity index is 947.